The average molecular weight is 657 g/mol. The number of oxime groups is 2. The van der Waals surface area contributed by atoms with Crippen molar-refractivity contribution < 1.29 is 28.9 Å². The predicted molar refractivity (Wildman–Crippen MR) is 189 cm³/mol. The molecule has 48 heavy (non-hydrogen) atoms. The van der Waals surface area contributed by atoms with E-state index in [0.29, 0.717) is 29.0 Å². The van der Waals surface area contributed by atoms with Gasteiger partial charge in [0.25, 0.3) is 0 Å². The van der Waals surface area contributed by atoms with Gasteiger partial charge in [-0.15, -0.1) is 0 Å². The smallest absolute Gasteiger partial charge is 0.318 e. The summed E-state index contributed by atoms with van der Waals surface area (Å²) in [5.74, 6) is -1.77. The molecule has 0 bridgehead atoms. The highest BCUT2D eigenvalue weighted by atomic mass is 16.7. The topological polar surface area (TPSA) is 111 Å². The van der Waals surface area contributed by atoms with Crippen molar-refractivity contribution in [1.29, 1.82) is 0 Å². The molecule has 2 aromatic rings. The minimum absolute atomic E-state index is 0.149. The molecule has 2 aliphatic rings. The van der Waals surface area contributed by atoms with Crippen molar-refractivity contribution in [2.45, 2.75) is 129 Å². The lowest BCUT2D eigenvalue weighted by molar-refractivity contribution is -0.150. The van der Waals surface area contributed by atoms with E-state index in [9.17, 15) is 19.2 Å². The number of Topliss-reactive ketones (excluding diaryl/α,β-unsaturated/α-hetero) is 2. The van der Waals surface area contributed by atoms with E-state index in [-0.39, 0.29) is 36.0 Å². The summed E-state index contributed by atoms with van der Waals surface area (Å²) in [7, 11) is 0. The number of carbonyl (C=O) groups is 4. The Morgan fingerprint density at radius 2 is 1.04 bits per heavy atom. The summed E-state index contributed by atoms with van der Waals surface area (Å²) in [5.41, 5.74) is 3.71. The zero-order valence-corrected chi connectivity index (χ0v) is 28.8. The van der Waals surface area contributed by atoms with Crippen molar-refractivity contribution in [2.24, 2.45) is 22.1 Å². The van der Waals surface area contributed by atoms with Gasteiger partial charge in [0.15, 0.2) is 0 Å². The number of carbonyl (C=O) groups excluding carboxylic acids is 4. The molecule has 0 unspecified atom stereocenters. The Hall–Kier alpha value is -3.94. The highest BCUT2D eigenvalue weighted by Crippen LogP contribution is 2.27. The van der Waals surface area contributed by atoms with Crippen molar-refractivity contribution in [1.82, 2.24) is 0 Å². The third-order valence-corrected chi connectivity index (χ3v) is 9.54. The molecule has 0 aromatic heterocycles. The molecule has 2 aliphatic carbocycles. The van der Waals surface area contributed by atoms with E-state index in [1.807, 2.05) is 36.4 Å². The van der Waals surface area contributed by atoms with Crippen LogP contribution in [0.15, 0.2) is 58.8 Å². The highest BCUT2D eigenvalue weighted by Gasteiger charge is 2.26. The maximum absolute atomic E-state index is 13.0. The summed E-state index contributed by atoms with van der Waals surface area (Å²) in [5, 5.41) is 8.76. The summed E-state index contributed by atoms with van der Waals surface area (Å²) in [6.45, 7) is 4.18. The predicted octanol–water partition coefficient (Wildman–Crippen LogP) is 9.57. The van der Waals surface area contributed by atoms with Crippen LogP contribution in [0.2, 0.25) is 0 Å². The number of ketones is 2. The lowest BCUT2D eigenvalue weighted by atomic mass is 9.89. The molecular formula is C40H52N2O6. The van der Waals surface area contributed by atoms with Crippen molar-refractivity contribution >= 4 is 34.9 Å². The first-order chi connectivity index (χ1) is 23.4. The van der Waals surface area contributed by atoms with Gasteiger partial charge in [-0.05, 0) is 56.1 Å². The van der Waals surface area contributed by atoms with E-state index in [1.54, 1.807) is 12.1 Å². The quantitative estimate of drug-likeness (QED) is 0.0419. The van der Waals surface area contributed by atoms with E-state index < -0.39 is 5.78 Å². The Kier molecular flexibility index (Phi) is 15.2. The second-order valence-electron chi connectivity index (χ2n) is 13.3. The summed E-state index contributed by atoms with van der Waals surface area (Å²) in [4.78, 5) is 62.0. The van der Waals surface area contributed by atoms with Crippen LogP contribution in [0, 0.1) is 11.8 Å². The molecule has 258 valence electrons. The van der Waals surface area contributed by atoms with Crippen LogP contribution in [0.1, 0.15) is 145 Å². The third kappa shape index (κ3) is 11.1. The van der Waals surface area contributed by atoms with Crippen LogP contribution in [-0.2, 0) is 24.1 Å². The first kappa shape index (κ1) is 36.9. The second kappa shape index (κ2) is 19.8. The minimum Gasteiger partial charge on any atom is -0.318 e. The van der Waals surface area contributed by atoms with E-state index in [4.69, 9.17) is 9.68 Å². The van der Waals surface area contributed by atoms with Crippen LogP contribution < -0.4 is 0 Å². The summed E-state index contributed by atoms with van der Waals surface area (Å²) in [6.07, 6.45) is 15.7. The van der Waals surface area contributed by atoms with Gasteiger partial charge in [0.2, 0.25) is 11.6 Å². The van der Waals surface area contributed by atoms with Crippen LogP contribution in [0.3, 0.4) is 0 Å². The molecule has 2 aromatic carbocycles. The monoisotopic (exact) mass is 656 g/mol. The summed E-state index contributed by atoms with van der Waals surface area (Å²) < 4.78 is 0. The van der Waals surface area contributed by atoms with Gasteiger partial charge < -0.3 is 9.68 Å². The number of nitrogens with zero attached hydrogens (tertiary/aromatic N) is 2. The zero-order valence-electron chi connectivity index (χ0n) is 28.8. The van der Waals surface area contributed by atoms with Crippen molar-refractivity contribution in [3.63, 3.8) is 0 Å². The molecule has 2 saturated carbocycles. The lowest BCUT2D eigenvalue weighted by Gasteiger charge is -2.19. The Balaban J connectivity index is 1.57. The third-order valence-electron chi connectivity index (χ3n) is 9.54. The molecule has 0 radical (unpaired) electrons. The number of rotatable bonds is 17. The fourth-order valence-electron chi connectivity index (χ4n) is 6.48. The SMILES string of the molecule is CCCCCC(=O)C(=O)c1ccc(-c2ccc(C(=NOC(=O)C3CCCCC3)C(CCCCC)=NOC(=O)C3CCCCC3)cc2)cc1. The van der Waals surface area contributed by atoms with Crippen LogP contribution in [0.5, 0.6) is 0 Å². The molecule has 0 N–H and O–H groups in total. The van der Waals surface area contributed by atoms with Crippen LogP contribution in [0.25, 0.3) is 11.1 Å². The van der Waals surface area contributed by atoms with Gasteiger partial charge in [-0.1, -0.05) is 137 Å². The molecule has 4 rings (SSSR count). The number of benzene rings is 2. The van der Waals surface area contributed by atoms with E-state index in [1.165, 1.54) is 0 Å². The summed E-state index contributed by atoms with van der Waals surface area (Å²) >= 11 is 0. The normalized spacial score (nSPS) is 16.4. The minimum atomic E-state index is -0.448. The van der Waals surface area contributed by atoms with Gasteiger partial charge in [0.1, 0.15) is 11.4 Å². The van der Waals surface area contributed by atoms with Gasteiger partial charge in [0, 0.05) is 17.5 Å². The Morgan fingerprint density at radius 3 is 1.54 bits per heavy atom. The fourth-order valence-corrected chi connectivity index (χ4v) is 6.48. The molecular weight excluding hydrogens is 604 g/mol. The highest BCUT2D eigenvalue weighted by molar-refractivity contribution is 6.48. The summed E-state index contributed by atoms with van der Waals surface area (Å²) in [6, 6.07) is 14.7. The zero-order chi connectivity index (χ0) is 34.1. The molecule has 0 atom stereocenters. The van der Waals surface area contributed by atoms with E-state index in [0.717, 1.165) is 114 Å². The Labute approximate surface area is 285 Å². The van der Waals surface area contributed by atoms with Crippen LogP contribution >= 0.6 is 0 Å². The first-order valence-electron chi connectivity index (χ1n) is 18.3. The fraction of sp³-hybridized carbons (Fsp3) is 0.550. The van der Waals surface area contributed by atoms with Gasteiger partial charge in [0.05, 0.1) is 11.8 Å². The maximum atomic E-state index is 13.0. The Morgan fingerprint density at radius 1 is 0.583 bits per heavy atom. The molecule has 2 fully saturated rings. The number of unbranched alkanes of at least 4 members (excludes halogenated alkanes) is 4. The van der Waals surface area contributed by atoms with Gasteiger partial charge in [-0.2, -0.15) is 0 Å². The first-order valence-corrected chi connectivity index (χ1v) is 18.3. The van der Waals surface area contributed by atoms with Crippen molar-refractivity contribution in [3.8, 4) is 11.1 Å². The second-order valence-corrected chi connectivity index (χ2v) is 13.3. The molecule has 0 aliphatic heterocycles. The van der Waals surface area contributed by atoms with Crippen molar-refractivity contribution in [3.05, 3.63) is 59.7 Å². The van der Waals surface area contributed by atoms with E-state index in [2.05, 4.69) is 24.2 Å². The van der Waals surface area contributed by atoms with Gasteiger partial charge >= 0.3 is 11.9 Å². The molecule has 0 heterocycles. The Bertz CT molecular complexity index is 1410. The number of hydrogen-bond acceptors (Lipinski definition) is 8. The molecule has 0 saturated heterocycles. The molecule has 0 amide bonds. The van der Waals surface area contributed by atoms with Gasteiger partial charge in [-0.3, -0.25) is 9.59 Å². The van der Waals surface area contributed by atoms with Crippen LogP contribution in [0.4, 0.5) is 0 Å². The van der Waals surface area contributed by atoms with Gasteiger partial charge in [-0.25, -0.2) is 9.59 Å². The maximum Gasteiger partial charge on any atom is 0.338 e. The van der Waals surface area contributed by atoms with E-state index >= 15 is 0 Å². The standard InChI is InChI=1S/C40H52N2O6/c1-3-5-9-19-35(41-47-39(45)33-15-11-7-12-16-33)37(42-48-40(46)34-17-13-8-14-18-34)31-25-21-29(22-26-31)30-23-27-32(28-24-30)38(44)36(43)20-10-6-4-2/h21-28,33-34H,3-20H2,1-2H3. The molecule has 0 spiro atoms. The average Bonchev–Trinajstić information content (AvgIpc) is 3.14. The molecule has 8 nitrogen and oxygen atoms in total. The van der Waals surface area contributed by atoms with Crippen molar-refractivity contribution in [2.75, 3.05) is 0 Å². The molecule has 8 heteroatoms. The lowest BCUT2D eigenvalue weighted by Crippen LogP contribution is -2.23. The largest absolute Gasteiger partial charge is 0.338 e. The van der Waals surface area contributed by atoms with Crippen LogP contribution in [-0.4, -0.2) is 34.9 Å². The number of hydrogen-bond donors (Lipinski definition) is 0.